The molecule has 1 aliphatic rings. The van der Waals surface area contributed by atoms with Gasteiger partial charge >= 0.3 is 11.9 Å². The Balaban J connectivity index is 3.21. The molecular formula is C10H10O5. The summed E-state index contributed by atoms with van der Waals surface area (Å²) in [6.45, 7) is 4.91. The Kier molecular flexibility index (Phi) is 2.74. The molecule has 0 amide bonds. The van der Waals surface area contributed by atoms with E-state index in [1.165, 1.54) is 13.0 Å². The van der Waals surface area contributed by atoms with Crippen molar-refractivity contribution in [2.75, 3.05) is 0 Å². The van der Waals surface area contributed by atoms with Crippen LogP contribution < -0.4 is 0 Å². The number of ketones is 1. The molecule has 5 nitrogen and oxygen atoms in total. The minimum Gasteiger partial charge on any atom is -0.480 e. The molecule has 0 bridgehead atoms. The van der Waals surface area contributed by atoms with E-state index in [2.05, 4.69) is 6.58 Å². The first kappa shape index (κ1) is 11.2. The van der Waals surface area contributed by atoms with Crippen molar-refractivity contribution in [2.24, 2.45) is 11.8 Å². The number of allylic oxidation sites excluding steroid dienone is 1. The Morgan fingerprint density at radius 3 is 2.13 bits per heavy atom. The van der Waals surface area contributed by atoms with E-state index in [-0.39, 0.29) is 5.57 Å². The molecule has 0 aromatic carbocycles. The van der Waals surface area contributed by atoms with Gasteiger partial charge in [-0.2, -0.15) is 0 Å². The van der Waals surface area contributed by atoms with Gasteiger partial charge in [-0.3, -0.25) is 14.4 Å². The molecule has 1 aliphatic carbocycles. The molecule has 5 heteroatoms. The smallest absolute Gasteiger partial charge is 0.318 e. The highest BCUT2D eigenvalue weighted by atomic mass is 16.4. The Labute approximate surface area is 85.7 Å². The predicted molar refractivity (Wildman–Crippen MR) is 50.2 cm³/mol. The predicted octanol–water partition coefficient (Wildman–Crippen LogP) is 0.473. The number of carbonyl (C=O) groups excluding carboxylic acids is 1. The molecular weight excluding hydrogens is 200 g/mol. The number of aliphatic carboxylic acids is 2. The molecule has 0 heterocycles. The summed E-state index contributed by atoms with van der Waals surface area (Å²) in [4.78, 5) is 33.1. The first-order chi connectivity index (χ1) is 6.86. The number of hydrogen-bond donors (Lipinski definition) is 2. The number of carboxylic acids is 2. The van der Waals surface area contributed by atoms with Crippen LogP contribution in [0.25, 0.3) is 0 Å². The molecule has 0 fully saturated rings. The van der Waals surface area contributed by atoms with Crippen molar-refractivity contribution in [3.8, 4) is 0 Å². The van der Waals surface area contributed by atoms with Crippen LogP contribution in [0.15, 0.2) is 23.8 Å². The van der Waals surface area contributed by atoms with Crippen LogP contribution in [-0.2, 0) is 14.4 Å². The summed E-state index contributed by atoms with van der Waals surface area (Å²) in [6, 6.07) is 0. The number of rotatable bonds is 2. The van der Waals surface area contributed by atoms with E-state index in [9.17, 15) is 14.4 Å². The first-order valence-corrected chi connectivity index (χ1v) is 4.22. The number of hydrogen-bond acceptors (Lipinski definition) is 3. The van der Waals surface area contributed by atoms with Gasteiger partial charge in [0.25, 0.3) is 0 Å². The number of Topliss-reactive ketones (excluding diaryl/α,β-unsaturated/α-hetero) is 1. The van der Waals surface area contributed by atoms with E-state index in [1.807, 2.05) is 0 Å². The molecule has 80 valence electrons. The molecule has 0 spiro atoms. The standard InChI is InChI=1S/C10H10O5/c1-4-3-5(2)7(10(14)15)8(11)6(4)9(12)13/h3,6-7H,1H2,2H3,(H,12,13)(H,14,15). The SMILES string of the molecule is C=C1C=C(C)C(C(=O)O)C(=O)C1C(=O)O. The number of carboxylic acid groups (broad SMARTS) is 2. The van der Waals surface area contributed by atoms with E-state index >= 15 is 0 Å². The van der Waals surface area contributed by atoms with E-state index in [0.29, 0.717) is 5.57 Å². The van der Waals surface area contributed by atoms with Crippen molar-refractivity contribution in [3.63, 3.8) is 0 Å². The highest BCUT2D eigenvalue weighted by molar-refractivity contribution is 6.12. The molecule has 1 rings (SSSR count). The summed E-state index contributed by atoms with van der Waals surface area (Å²) in [5.41, 5.74) is 0.442. The molecule has 0 radical (unpaired) electrons. The zero-order chi connectivity index (χ0) is 11.7. The van der Waals surface area contributed by atoms with E-state index in [0.717, 1.165) is 0 Å². The monoisotopic (exact) mass is 210 g/mol. The fraction of sp³-hybridized carbons (Fsp3) is 0.300. The van der Waals surface area contributed by atoms with Gasteiger partial charge in [-0.25, -0.2) is 0 Å². The van der Waals surface area contributed by atoms with Gasteiger partial charge in [-0.05, 0) is 12.5 Å². The summed E-state index contributed by atoms with van der Waals surface area (Å²) >= 11 is 0. The van der Waals surface area contributed by atoms with E-state index < -0.39 is 29.6 Å². The lowest BCUT2D eigenvalue weighted by Gasteiger charge is -2.23. The lowest BCUT2D eigenvalue weighted by atomic mass is 9.78. The molecule has 2 atom stereocenters. The van der Waals surface area contributed by atoms with Crippen LogP contribution in [-0.4, -0.2) is 27.9 Å². The van der Waals surface area contributed by atoms with Crippen molar-refractivity contribution >= 4 is 17.7 Å². The molecule has 2 N–H and O–H groups in total. The molecule has 0 aromatic rings. The molecule has 0 aromatic heterocycles. The largest absolute Gasteiger partial charge is 0.480 e. The quantitative estimate of drug-likeness (QED) is 0.646. The molecule has 0 saturated heterocycles. The van der Waals surface area contributed by atoms with Gasteiger partial charge in [-0.1, -0.05) is 18.2 Å². The summed E-state index contributed by atoms with van der Waals surface area (Å²) in [5.74, 6) is -6.32. The third kappa shape index (κ3) is 1.81. The molecule has 0 saturated carbocycles. The summed E-state index contributed by atoms with van der Waals surface area (Å²) in [7, 11) is 0. The Bertz CT molecular complexity index is 391. The van der Waals surface area contributed by atoms with Gasteiger partial charge in [0.1, 0.15) is 11.8 Å². The van der Waals surface area contributed by atoms with Gasteiger partial charge in [-0.15, -0.1) is 0 Å². The summed E-state index contributed by atoms with van der Waals surface area (Å²) in [6.07, 6.45) is 1.35. The van der Waals surface area contributed by atoms with Crippen molar-refractivity contribution in [1.29, 1.82) is 0 Å². The molecule has 0 aliphatic heterocycles. The average molecular weight is 210 g/mol. The van der Waals surface area contributed by atoms with E-state index in [4.69, 9.17) is 10.2 Å². The molecule has 2 unspecified atom stereocenters. The second-order valence-electron chi connectivity index (χ2n) is 3.41. The fourth-order valence-corrected chi connectivity index (χ4v) is 1.63. The average Bonchev–Trinajstić information content (AvgIpc) is 1.99. The van der Waals surface area contributed by atoms with Crippen molar-refractivity contribution in [2.45, 2.75) is 6.92 Å². The van der Waals surface area contributed by atoms with Crippen molar-refractivity contribution < 1.29 is 24.6 Å². The lowest BCUT2D eigenvalue weighted by Crippen LogP contribution is -2.38. The Morgan fingerprint density at radius 1 is 1.27 bits per heavy atom. The van der Waals surface area contributed by atoms with E-state index in [1.54, 1.807) is 0 Å². The van der Waals surface area contributed by atoms with Crippen molar-refractivity contribution in [1.82, 2.24) is 0 Å². The maximum Gasteiger partial charge on any atom is 0.318 e. The fourth-order valence-electron chi connectivity index (χ4n) is 1.63. The third-order valence-electron chi connectivity index (χ3n) is 2.30. The second-order valence-corrected chi connectivity index (χ2v) is 3.41. The normalized spacial score (nSPS) is 26.1. The van der Waals surface area contributed by atoms with Gasteiger partial charge in [0.05, 0.1) is 0 Å². The van der Waals surface area contributed by atoms with Gasteiger partial charge in [0.2, 0.25) is 0 Å². The highest BCUT2D eigenvalue weighted by Crippen LogP contribution is 2.29. The molecule has 15 heavy (non-hydrogen) atoms. The van der Waals surface area contributed by atoms with Gasteiger partial charge < -0.3 is 10.2 Å². The topological polar surface area (TPSA) is 91.7 Å². The zero-order valence-electron chi connectivity index (χ0n) is 8.06. The minimum absolute atomic E-state index is 0.127. The Morgan fingerprint density at radius 2 is 1.73 bits per heavy atom. The van der Waals surface area contributed by atoms with Crippen LogP contribution in [0.1, 0.15) is 6.92 Å². The van der Waals surface area contributed by atoms with Crippen LogP contribution in [0, 0.1) is 11.8 Å². The van der Waals surface area contributed by atoms with Crippen LogP contribution in [0.4, 0.5) is 0 Å². The minimum atomic E-state index is -1.44. The maximum absolute atomic E-state index is 11.6. The first-order valence-electron chi connectivity index (χ1n) is 4.22. The van der Waals surface area contributed by atoms with Crippen molar-refractivity contribution in [3.05, 3.63) is 23.8 Å². The third-order valence-corrected chi connectivity index (χ3v) is 2.30. The maximum atomic E-state index is 11.6. The highest BCUT2D eigenvalue weighted by Gasteiger charge is 2.41. The lowest BCUT2D eigenvalue weighted by molar-refractivity contribution is -0.150. The summed E-state index contributed by atoms with van der Waals surface area (Å²) < 4.78 is 0. The van der Waals surface area contributed by atoms with Gasteiger partial charge in [0.15, 0.2) is 5.78 Å². The van der Waals surface area contributed by atoms with Crippen LogP contribution in [0.3, 0.4) is 0 Å². The summed E-state index contributed by atoms with van der Waals surface area (Å²) in [5, 5.41) is 17.5. The van der Waals surface area contributed by atoms with Crippen LogP contribution in [0.5, 0.6) is 0 Å². The zero-order valence-corrected chi connectivity index (χ0v) is 8.06. The van der Waals surface area contributed by atoms with Gasteiger partial charge in [0, 0.05) is 0 Å². The number of carbonyl (C=O) groups is 3. The Hall–Kier alpha value is -1.91. The van der Waals surface area contributed by atoms with Crippen LogP contribution in [0.2, 0.25) is 0 Å². The van der Waals surface area contributed by atoms with Crippen LogP contribution >= 0.6 is 0 Å². The second kappa shape index (κ2) is 3.68.